The number of thiazole rings is 1. The van der Waals surface area contributed by atoms with Crippen LogP contribution in [0.4, 0.5) is 0 Å². The molecule has 1 aliphatic heterocycles. The average molecular weight is 448 g/mol. The van der Waals surface area contributed by atoms with Gasteiger partial charge in [-0.3, -0.25) is 4.79 Å². The molecule has 1 atom stereocenters. The summed E-state index contributed by atoms with van der Waals surface area (Å²) in [6.45, 7) is 3.12. The molecule has 3 aromatic rings. The van der Waals surface area contributed by atoms with Crippen LogP contribution >= 0.6 is 27.3 Å². The van der Waals surface area contributed by atoms with Crippen LogP contribution in [0.3, 0.4) is 0 Å². The molecule has 1 fully saturated rings. The molecule has 140 valence electrons. The molecular weight excluding hydrogens is 430 g/mol. The highest BCUT2D eigenvalue weighted by molar-refractivity contribution is 9.10. The van der Waals surface area contributed by atoms with E-state index in [0.29, 0.717) is 17.4 Å². The van der Waals surface area contributed by atoms with E-state index in [1.54, 1.807) is 12.4 Å². The lowest BCUT2D eigenvalue weighted by atomic mass is 10.1. The van der Waals surface area contributed by atoms with Crippen molar-refractivity contribution >= 4 is 33.2 Å². The molecule has 9 heteroatoms. The minimum absolute atomic E-state index is 0.00781. The zero-order valence-electron chi connectivity index (χ0n) is 14.7. The van der Waals surface area contributed by atoms with Crippen LogP contribution in [-0.2, 0) is 0 Å². The van der Waals surface area contributed by atoms with E-state index >= 15 is 0 Å². The normalized spacial score (nSPS) is 17.1. The molecule has 3 aromatic heterocycles. The third-order valence-corrected chi connectivity index (χ3v) is 5.91. The molecule has 1 unspecified atom stereocenters. The van der Waals surface area contributed by atoms with Gasteiger partial charge in [0.25, 0.3) is 5.91 Å². The van der Waals surface area contributed by atoms with Gasteiger partial charge in [-0.15, -0.1) is 0 Å². The van der Waals surface area contributed by atoms with Crippen LogP contribution in [0.5, 0.6) is 6.01 Å². The second kappa shape index (κ2) is 7.77. The quantitative estimate of drug-likeness (QED) is 0.611. The van der Waals surface area contributed by atoms with Gasteiger partial charge in [0, 0.05) is 31.3 Å². The molecule has 7 nitrogen and oxygen atoms in total. The fourth-order valence-corrected chi connectivity index (χ4v) is 4.23. The van der Waals surface area contributed by atoms with Gasteiger partial charge in [-0.05, 0) is 47.8 Å². The summed E-state index contributed by atoms with van der Waals surface area (Å²) in [5.41, 5.74) is 0.757. The molecule has 0 spiro atoms. The number of hydrogen-bond acceptors (Lipinski definition) is 6. The summed E-state index contributed by atoms with van der Waals surface area (Å²) in [5, 5.41) is 0.800. The molecule has 4 rings (SSSR count). The number of amides is 1. The van der Waals surface area contributed by atoms with Gasteiger partial charge in [-0.1, -0.05) is 11.3 Å². The van der Waals surface area contributed by atoms with E-state index in [1.165, 1.54) is 11.3 Å². The van der Waals surface area contributed by atoms with Gasteiger partial charge in [0.1, 0.15) is 11.0 Å². The highest BCUT2D eigenvalue weighted by atomic mass is 79.9. The Labute approximate surface area is 169 Å². The fraction of sp³-hybridized carbons (Fsp3) is 0.333. The zero-order chi connectivity index (χ0) is 18.8. The van der Waals surface area contributed by atoms with Crippen LogP contribution < -0.4 is 4.74 Å². The molecule has 0 aliphatic carbocycles. The van der Waals surface area contributed by atoms with Gasteiger partial charge < -0.3 is 14.2 Å². The number of carbonyl (C=O) groups is 1. The molecule has 1 amide bonds. The largest absolute Gasteiger partial charge is 0.458 e. The van der Waals surface area contributed by atoms with Crippen molar-refractivity contribution in [1.29, 1.82) is 0 Å². The number of rotatable bonds is 4. The summed E-state index contributed by atoms with van der Waals surface area (Å²) in [7, 11) is 0. The Bertz CT molecular complexity index is 926. The molecule has 0 bridgehead atoms. The predicted molar refractivity (Wildman–Crippen MR) is 105 cm³/mol. The standard InChI is InChI=1S/C18H18BrN5O2S/c1-12-15(27-18(22-12)23-6-2-3-7-23)16(25)24-8-4-5-14(11-24)26-17-20-9-13(19)10-21-17/h2-3,6-7,9-10,14H,4-5,8,11H2,1H3. The van der Waals surface area contributed by atoms with Crippen molar-refractivity contribution in [2.24, 2.45) is 0 Å². The smallest absolute Gasteiger partial charge is 0.316 e. The molecule has 0 saturated carbocycles. The maximum Gasteiger partial charge on any atom is 0.316 e. The second-order valence-corrected chi connectivity index (χ2v) is 8.21. The minimum Gasteiger partial charge on any atom is -0.458 e. The lowest BCUT2D eigenvalue weighted by molar-refractivity contribution is 0.0519. The van der Waals surface area contributed by atoms with E-state index in [1.807, 2.05) is 40.9 Å². The van der Waals surface area contributed by atoms with Crippen molar-refractivity contribution in [3.63, 3.8) is 0 Å². The molecular formula is C18H18BrN5O2S. The van der Waals surface area contributed by atoms with Gasteiger partial charge >= 0.3 is 6.01 Å². The van der Waals surface area contributed by atoms with Crippen molar-refractivity contribution in [3.8, 4) is 11.1 Å². The molecule has 4 heterocycles. The van der Waals surface area contributed by atoms with Crippen molar-refractivity contribution in [2.75, 3.05) is 13.1 Å². The number of piperidine rings is 1. The molecule has 27 heavy (non-hydrogen) atoms. The van der Waals surface area contributed by atoms with Gasteiger partial charge in [0.05, 0.1) is 16.7 Å². The molecule has 1 aliphatic rings. The summed E-state index contributed by atoms with van der Waals surface area (Å²) >= 11 is 4.72. The van der Waals surface area contributed by atoms with Crippen LogP contribution in [-0.4, -0.2) is 49.5 Å². The molecule has 0 aromatic carbocycles. The number of aromatic nitrogens is 4. The Morgan fingerprint density at radius 2 is 2.04 bits per heavy atom. The van der Waals surface area contributed by atoms with E-state index in [2.05, 4.69) is 30.9 Å². The highest BCUT2D eigenvalue weighted by Gasteiger charge is 2.28. The number of nitrogens with zero attached hydrogens (tertiary/aromatic N) is 5. The van der Waals surface area contributed by atoms with Crippen molar-refractivity contribution < 1.29 is 9.53 Å². The lowest BCUT2D eigenvalue weighted by Gasteiger charge is -2.32. The summed E-state index contributed by atoms with van der Waals surface area (Å²) in [4.78, 5) is 28.4. The fourth-order valence-electron chi connectivity index (χ4n) is 3.03. The maximum absolute atomic E-state index is 13.0. The Balaban J connectivity index is 1.46. The number of aryl methyl sites for hydroxylation is 1. The number of ether oxygens (including phenoxy) is 1. The molecule has 0 N–H and O–H groups in total. The minimum atomic E-state index is -0.110. The van der Waals surface area contributed by atoms with E-state index in [0.717, 1.165) is 34.7 Å². The van der Waals surface area contributed by atoms with Crippen molar-refractivity contribution in [1.82, 2.24) is 24.4 Å². The summed E-state index contributed by atoms with van der Waals surface area (Å²) in [5.74, 6) is 0.00781. The molecule has 1 saturated heterocycles. The second-order valence-electron chi connectivity index (χ2n) is 6.32. The summed E-state index contributed by atoms with van der Waals surface area (Å²) in [6.07, 6.45) is 8.80. The van der Waals surface area contributed by atoms with Gasteiger partial charge in [-0.2, -0.15) is 0 Å². The SMILES string of the molecule is Cc1nc(-n2cccc2)sc1C(=O)N1CCCC(Oc2ncc(Br)cn2)C1. The van der Waals surface area contributed by atoms with Gasteiger partial charge in [0.15, 0.2) is 5.13 Å². The van der Waals surface area contributed by atoms with Crippen molar-refractivity contribution in [2.45, 2.75) is 25.9 Å². The highest BCUT2D eigenvalue weighted by Crippen LogP contribution is 2.25. The maximum atomic E-state index is 13.0. The Kier molecular flexibility index (Phi) is 5.22. The van der Waals surface area contributed by atoms with E-state index in [4.69, 9.17) is 4.74 Å². The van der Waals surface area contributed by atoms with Crippen LogP contribution in [0, 0.1) is 6.92 Å². The van der Waals surface area contributed by atoms with Crippen LogP contribution in [0.2, 0.25) is 0 Å². The third kappa shape index (κ3) is 4.03. The number of likely N-dealkylation sites (tertiary alicyclic amines) is 1. The summed E-state index contributed by atoms with van der Waals surface area (Å²) < 4.78 is 8.59. The lowest BCUT2D eigenvalue weighted by Crippen LogP contribution is -2.44. The average Bonchev–Trinajstić information content (AvgIpc) is 3.33. The first kappa shape index (κ1) is 18.1. The topological polar surface area (TPSA) is 73.1 Å². The first-order valence-electron chi connectivity index (χ1n) is 8.64. The Morgan fingerprint density at radius 3 is 2.78 bits per heavy atom. The zero-order valence-corrected chi connectivity index (χ0v) is 17.1. The predicted octanol–water partition coefficient (Wildman–Crippen LogP) is 3.48. The Hall–Kier alpha value is -2.26. The van der Waals surface area contributed by atoms with E-state index < -0.39 is 0 Å². The number of hydrogen-bond donors (Lipinski definition) is 0. The van der Waals surface area contributed by atoms with Gasteiger partial charge in [-0.25, -0.2) is 15.0 Å². The first-order valence-corrected chi connectivity index (χ1v) is 10.3. The Morgan fingerprint density at radius 1 is 1.30 bits per heavy atom. The van der Waals surface area contributed by atoms with Crippen LogP contribution in [0.25, 0.3) is 5.13 Å². The van der Waals surface area contributed by atoms with E-state index in [9.17, 15) is 4.79 Å². The van der Waals surface area contributed by atoms with Crippen LogP contribution in [0.15, 0.2) is 41.4 Å². The van der Waals surface area contributed by atoms with E-state index in [-0.39, 0.29) is 12.0 Å². The third-order valence-electron chi connectivity index (χ3n) is 4.34. The first-order chi connectivity index (χ1) is 13.1. The summed E-state index contributed by atoms with van der Waals surface area (Å²) in [6, 6.07) is 4.21. The number of carbonyl (C=O) groups excluding carboxylic acids is 1. The van der Waals surface area contributed by atoms with Crippen LogP contribution in [0.1, 0.15) is 28.2 Å². The molecule has 0 radical (unpaired) electrons. The monoisotopic (exact) mass is 447 g/mol. The van der Waals surface area contributed by atoms with Gasteiger partial charge in [0.2, 0.25) is 0 Å². The number of halogens is 1. The van der Waals surface area contributed by atoms with Crippen molar-refractivity contribution in [3.05, 3.63) is 52.0 Å².